The zero-order chi connectivity index (χ0) is 24.9. The Labute approximate surface area is 189 Å². The van der Waals surface area contributed by atoms with Gasteiger partial charge in [-0.15, -0.1) is 0 Å². The molecule has 0 aliphatic heterocycles. The number of carbonyl (C=O) groups excluding carboxylic acids is 1. The van der Waals surface area contributed by atoms with Crippen LogP contribution in [0.15, 0.2) is 65.7 Å². The predicted molar refractivity (Wildman–Crippen MR) is 116 cm³/mol. The fourth-order valence-electron chi connectivity index (χ4n) is 3.07. The van der Waals surface area contributed by atoms with Crippen LogP contribution in [-0.2, 0) is 11.3 Å². The van der Waals surface area contributed by atoms with Crippen LogP contribution in [0.25, 0.3) is 16.5 Å². The fourth-order valence-corrected chi connectivity index (χ4v) is 3.07. The zero-order valence-corrected chi connectivity index (χ0v) is 17.6. The molecule has 9 nitrogen and oxygen atoms in total. The van der Waals surface area contributed by atoms with E-state index >= 15 is 0 Å². The molecular weight excluding hydrogens is 455 g/mol. The summed E-state index contributed by atoms with van der Waals surface area (Å²) in [6, 6.07) is 14.7. The van der Waals surface area contributed by atoms with Gasteiger partial charge in [0.05, 0.1) is 11.1 Å². The van der Waals surface area contributed by atoms with Crippen molar-refractivity contribution in [3.8, 4) is 5.69 Å². The lowest BCUT2D eigenvalue weighted by molar-refractivity contribution is -0.192. The Morgan fingerprint density at radius 1 is 1.09 bits per heavy atom. The first kappa shape index (κ1) is 24.2. The molecule has 0 aliphatic carbocycles. The van der Waals surface area contributed by atoms with Gasteiger partial charge in [0.2, 0.25) is 0 Å². The molecule has 0 aliphatic rings. The first-order chi connectivity index (χ1) is 16.1. The lowest BCUT2D eigenvalue weighted by atomic mass is 10.1. The van der Waals surface area contributed by atoms with Gasteiger partial charge < -0.3 is 15.0 Å². The van der Waals surface area contributed by atoms with E-state index in [0.29, 0.717) is 17.3 Å². The third-order valence-electron chi connectivity index (χ3n) is 4.67. The molecular formula is C22H18F3N5O4. The Bertz CT molecular complexity index is 1400. The second-order valence-corrected chi connectivity index (χ2v) is 6.91. The molecule has 0 atom stereocenters. The molecule has 2 aromatic heterocycles. The summed E-state index contributed by atoms with van der Waals surface area (Å²) in [7, 11) is 0. The van der Waals surface area contributed by atoms with E-state index in [1.807, 2.05) is 42.0 Å². The Morgan fingerprint density at radius 3 is 2.32 bits per heavy atom. The van der Waals surface area contributed by atoms with Crippen LogP contribution in [-0.4, -0.2) is 42.9 Å². The number of hydrogen-bond donors (Lipinski definition) is 3. The van der Waals surface area contributed by atoms with E-state index in [4.69, 9.17) is 9.90 Å². The molecule has 0 unspecified atom stereocenters. The van der Waals surface area contributed by atoms with Gasteiger partial charge in [-0.2, -0.15) is 18.3 Å². The Kier molecular flexibility index (Phi) is 7.09. The van der Waals surface area contributed by atoms with Gasteiger partial charge in [-0.3, -0.25) is 9.59 Å². The van der Waals surface area contributed by atoms with Crippen LogP contribution in [0.3, 0.4) is 0 Å². The summed E-state index contributed by atoms with van der Waals surface area (Å²) in [5, 5.41) is 17.3. The van der Waals surface area contributed by atoms with Gasteiger partial charge >= 0.3 is 12.1 Å². The molecule has 2 aromatic carbocycles. The standard InChI is InChI=1S/C20H17N5O2.C2HF3O2/c1-13-21-10-11-25(13)17-9-5-2-6-14(17)12-22-20(27)18-15-7-3-4-8-16(15)19(26)24-23-18;3-2(4,5)1(6)7/h2-11H,12H2,1H3,(H,22,27)(H,24,26);(H,6,7). The molecule has 4 rings (SSSR count). The number of H-pyrrole nitrogens is 1. The van der Waals surface area contributed by atoms with Gasteiger partial charge in [0.15, 0.2) is 5.69 Å². The average molecular weight is 473 g/mol. The first-order valence-corrected chi connectivity index (χ1v) is 9.73. The highest BCUT2D eigenvalue weighted by atomic mass is 19.4. The number of imidazole rings is 1. The number of fused-ring (bicyclic) bond motifs is 1. The number of rotatable bonds is 4. The van der Waals surface area contributed by atoms with E-state index in [1.54, 1.807) is 30.5 Å². The smallest absolute Gasteiger partial charge is 0.475 e. The normalized spacial score (nSPS) is 10.9. The first-order valence-electron chi connectivity index (χ1n) is 9.73. The van der Waals surface area contributed by atoms with Crippen LogP contribution in [0.2, 0.25) is 0 Å². The van der Waals surface area contributed by atoms with Gasteiger partial charge in [0.25, 0.3) is 11.5 Å². The van der Waals surface area contributed by atoms with E-state index in [9.17, 15) is 22.8 Å². The van der Waals surface area contributed by atoms with E-state index in [0.717, 1.165) is 17.1 Å². The number of carboxylic acid groups (broad SMARTS) is 1. The SMILES string of the molecule is Cc1nccn1-c1ccccc1CNC(=O)c1n[nH]c(=O)c2ccccc12.O=C(O)C(F)(F)F. The number of halogens is 3. The van der Waals surface area contributed by atoms with Gasteiger partial charge in [-0.25, -0.2) is 14.9 Å². The average Bonchev–Trinajstić information content (AvgIpc) is 3.23. The van der Waals surface area contributed by atoms with Gasteiger partial charge in [-0.05, 0) is 24.6 Å². The number of amides is 1. The monoisotopic (exact) mass is 473 g/mol. The van der Waals surface area contributed by atoms with Gasteiger partial charge in [0.1, 0.15) is 5.82 Å². The van der Waals surface area contributed by atoms with Crippen LogP contribution in [0, 0.1) is 6.92 Å². The minimum Gasteiger partial charge on any atom is -0.475 e. The number of aryl methyl sites for hydroxylation is 1. The maximum atomic E-state index is 12.7. The number of benzene rings is 2. The van der Waals surface area contributed by atoms with Crippen LogP contribution >= 0.6 is 0 Å². The van der Waals surface area contributed by atoms with E-state index in [1.165, 1.54) is 0 Å². The molecule has 1 amide bonds. The summed E-state index contributed by atoms with van der Waals surface area (Å²) in [5.74, 6) is -2.24. The lowest BCUT2D eigenvalue weighted by Gasteiger charge is -2.13. The highest BCUT2D eigenvalue weighted by Gasteiger charge is 2.38. The Morgan fingerprint density at radius 2 is 1.71 bits per heavy atom. The molecule has 0 spiro atoms. The largest absolute Gasteiger partial charge is 0.490 e. The topological polar surface area (TPSA) is 130 Å². The molecule has 0 saturated heterocycles. The number of alkyl halides is 3. The van der Waals surface area contributed by atoms with Crippen molar-refractivity contribution >= 4 is 22.6 Å². The summed E-state index contributed by atoms with van der Waals surface area (Å²) < 4.78 is 33.7. The van der Waals surface area contributed by atoms with Crippen LogP contribution in [0.5, 0.6) is 0 Å². The number of carboxylic acids is 1. The highest BCUT2D eigenvalue weighted by Crippen LogP contribution is 2.17. The van der Waals surface area contributed by atoms with E-state index < -0.39 is 12.1 Å². The summed E-state index contributed by atoms with van der Waals surface area (Å²) in [6.07, 6.45) is -1.46. The summed E-state index contributed by atoms with van der Waals surface area (Å²) >= 11 is 0. The summed E-state index contributed by atoms with van der Waals surface area (Å²) in [5.41, 5.74) is 1.78. The van der Waals surface area contributed by atoms with Crippen molar-refractivity contribution < 1.29 is 27.9 Å². The highest BCUT2D eigenvalue weighted by molar-refractivity contribution is 6.04. The van der Waals surface area contributed by atoms with Crippen molar-refractivity contribution in [1.82, 2.24) is 25.1 Å². The number of aromatic nitrogens is 4. The zero-order valence-electron chi connectivity index (χ0n) is 17.6. The number of para-hydroxylation sites is 1. The minimum atomic E-state index is -5.08. The summed E-state index contributed by atoms with van der Waals surface area (Å²) in [6.45, 7) is 2.24. The lowest BCUT2D eigenvalue weighted by Crippen LogP contribution is -2.26. The van der Waals surface area contributed by atoms with Crippen LogP contribution < -0.4 is 10.9 Å². The number of hydrogen-bond acceptors (Lipinski definition) is 5. The molecule has 0 saturated carbocycles. The quantitative estimate of drug-likeness (QED) is 0.418. The van der Waals surface area contributed by atoms with Crippen molar-refractivity contribution in [2.24, 2.45) is 0 Å². The second-order valence-electron chi connectivity index (χ2n) is 6.91. The van der Waals surface area contributed by atoms with E-state index in [2.05, 4.69) is 20.5 Å². The number of carbonyl (C=O) groups is 2. The predicted octanol–water partition coefficient (Wildman–Crippen LogP) is 2.98. The summed E-state index contributed by atoms with van der Waals surface area (Å²) in [4.78, 5) is 37.7. The van der Waals surface area contributed by atoms with Crippen molar-refractivity contribution in [2.45, 2.75) is 19.6 Å². The molecule has 2 heterocycles. The van der Waals surface area contributed by atoms with E-state index in [-0.39, 0.29) is 17.2 Å². The molecule has 176 valence electrons. The van der Waals surface area contributed by atoms with Gasteiger partial charge in [-0.1, -0.05) is 36.4 Å². The molecule has 0 radical (unpaired) electrons. The van der Waals surface area contributed by atoms with Crippen molar-refractivity contribution in [2.75, 3.05) is 0 Å². The molecule has 4 aromatic rings. The minimum absolute atomic E-state index is 0.196. The Hall–Kier alpha value is -4.48. The number of nitrogens with one attached hydrogen (secondary N) is 2. The molecule has 0 fully saturated rings. The van der Waals surface area contributed by atoms with Crippen molar-refractivity contribution in [3.05, 3.63) is 88.4 Å². The molecule has 12 heteroatoms. The molecule has 3 N–H and O–H groups in total. The third-order valence-corrected chi connectivity index (χ3v) is 4.67. The van der Waals surface area contributed by atoms with Gasteiger partial charge in [0, 0.05) is 24.3 Å². The number of aliphatic carboxylic acids is 1. The van der Waals surface area contributed by atoms with Crippen molar-refractivity contribution in [1.29, 1.82) is 0 Å². The van der Waals surface area contributed by atoms with Crippen LogP contribution in [0.1, 0.15) is 21.9 Å². The number of nitrogens with zero attached hydrogens (tertiary/aromatic N) is 3. The van der Waals surface area contributed by atoms with Crippen molar-refractivity contribution in [3.63, 3.8) is 0 Å². The fraction of sp³-hybridized carbons (Fsp3) is 0.136. The maximum absolute atomic E-state index is 12.7. The second kappa shape index (κ2) is 9.98. The molecule has 34 heavy (non-hydrogen) atoms. The van der Waals surface area contributed by atoms with Crippen LogP contribution in [0.4, 0.5) is 13.2 Å². The third kappa shape index (κ3) is 5.46. The number of aromatic amines is 1. The maximum Gasteiger partial charge on any atom is 0.490 e. The Balaban J connectivity index is 0.000000406. The molecule has 0 bridgehead atoms.